The summed E-state index contributed by atoms with van der Waals surface area (Å²) in [5.74, 6) is 0.108. The summed E-state index contributed by atoms with van der Waals surface area (Å²) in [5.41, 5.74) is 1.11. The van der Waals surface area contributed by atoms with E-state index in [1.54, 1.807) is 43.0 Å². The van der Waals surface area contributed by atoms with Crippen LogP contribution in [0.25, 0.3) is 0 Å². The maximum Gasteiger partial charge on any atom is 0.247 e. The number of amides is 1. The normalized spacial score (nSPS) is 23.7. The van der Waals surface area contributed by atoms with Crippen molar-refractivity contribution < 1.29 is 17.9 Å². The van der Waals surface area contributed by atoms with E-state index in [1.165, 1.54) is 9.21 Å². The molecule has 1 amide bonds. The number of fused-ring (bicyclic) bond motifs is 2. The van der Waals surface area contributed by atoms with E-state index in [4.69, 9.17) is 4.74 Å². The van der Waals surface area contributed by atoms with Crippen LogP contribution in [0.4, 0.5) is 0 Å². The van der Waals surface area contributed by atoms with E-state index >= 15 is 0 Å². The number of ether oxygens (including phenoxy) is 1. The smallest absolute Gasteiger partial charge is 0.247 e. The third-order valence-corrected chi connectivity index (χ3v) is 7.85. The first-order chi connectivity index (χ1) is 14.8. The fraction of sp³-hybridized carbons (Fsp3) is 0.524. The van der Waals surface area contributed by atoms with Gasteiger partial charge in [0.05, 0.1) is 18.8 Å². The van der Waals surface area contributed by atoms with Crippen LogP contribution in [0.5, 0.6) is 5.75 Å². The van der Waals surface area contributed by atoms with Crippen molar-refractivity contribution >= 4 is 15.9 Å². The van der Waals surface area contributed by atoms with E-state index in [-0.39, 0.29) is 23.5 Å². The van der Waals surface area contributed by atoms with Crippen molar-refractivity contribution in [1.29, 1.82) is 0 Å². The Bertz CT molecular complexity index is 1050. The molecule has 1 aromatic heterocycles. The quantitative estimate of drug-likeness (QED) is 0.693. The first-order valence-electron chi connectivity index (χ1n) is 10.4. The first-order valence-corrected chi connectivity index (χ1v) is 11.9. The van der Waals surface area contributed by atoms with Crippen molar-refractivity contribution in [2.45, 2.75) is 36.4 Å². The molecule has 10 heteroatoms. The van der Waals surface area contributed by atoms with Crippen molar-refractivity contribution in [2.24, 2.45) is 7.05 Å². The molecule has 1 aromatic carbocycles. The van der Waals surface area contributed by atoms with Crippen LogP contribution < -0.4 is 4.74 Å². The van der Waals surface area contributed by atoms with Gasteiger partial charge >= 0.3 is 0 Å². The summed E-state index contributed by atoms with van der Waals surface area (Å²) in [5, 5.41) is 4.23. The lowest BCUT2D eigenvalue weighted by Gasteiger charge is -2.32. The molecule has 1 fully saturated rings. The predicted molar refractivity (Wildman–Crippen MR) is 115 cm³/mol. The minimum Gasteiger partial charge on any atom is -0.487 e. The van der Waals surface area contributed by atoms with Gasteiger partial charge in [-0.15, -0.1) is 0 Å². The third-order valence-electron chi connectivity index (χ3n) is 5.94. The molecule has 168 valence electrons. The van der Waals surface area contributed by atoms with Gasteiger partial charge in [0.1, 0.15) is 16.7 Å². The zero-order valence-electron chi connectivity index (χ0n) is 18.1. The number of likely N-dealkylation sites (N-methyl/N-ethyl adjacent to an activating group) is 1. The second kappa shape index (κ2) is 8.60. The summed E-state index contributed by atoms with van der Waals surface area (Å²) in [7, 11) is 1.28. The van der Waals surface area contributed by atoms with Crippen LogP contribution in [-0.2, 0) is 28.4 Å². The van der Waals surface area contributed by atoms with Gasteiger partial charge < -0.3 is 9.64 Å². The topological polar surface area (TPSA) is 88.0 Å². The summed E-state index contributed by atoms with van der Waals surface area (Å²) < 4.78 is 36.5. The highest BCUT2D eigenvalue weighted by molar-refractivity contribution is 7.89. The average Bonchev–Trinajstić information content (AvgIpc) is 3.00. The van der Waals surface area contributed by atoms with Crippen molar-refractivity contribution in [3.63, 3.8) is 0 Å². The molecule has 0 spiro atoms. The number of sulfonamides is 1. The maximum atomic E-state index is 13.6. The summed E-state index contributed by atoms with van der Waals surface area (Å²) in [6, 6.07) is 6.29. The number of carbonyl (C=O) groups is 1. The lowest BCUT2D eigenvalue weighted by Crippen LogP contribution is -2.50. The molecule has 2 aliphatic heterocycles. The van der Waals surface area contributed by atoms with Crippen molar-refractivity contribution in [3.8, 4) is 5.75 Å². The molecule has 3 heterocycles. The highest BCUT2D eigenvalue weighted by Crippen LogP contribution is 2.36. The minimum atomic E-state index is -3.88. The van der Waals surface area contributed by atoms with Gasteiger partial charge in [0, 0.05) is 52.5 Å². The molecule has 0 unspecified atom stereocenters. The molecule has 0 saturated carbocycles. The number of aromatic nitrogens is 2. The summed E-state index contributed by atoms with van der Waals surface area (Å²) in [6.45, 7) is 2.02. The maximum absolute atomic E-state index is 13.6. The number of hydrogen-bond acceptors (Lipinski definition) is 6. The van der Waals surface area contributed by atoms with Crippen molar-refractivity contribution in [2.75, 3.05) is 33.7 Å². The highest BCUT2D eigenvalue weighted by atomic mass is 32.2. The van der Waals surface area contributed by atoms with Gasteiger partial charge in [0.15, 0.2) is 0 Å². The van der Waals surface area contributed by atoms with Crippen LogP contribution in [0.2, 0.25) is 0 Å². The molecule has 0 bridgehead atoms. The zero-order valence-corrected chi connectivity index (χ0v) is 19.0. The molecular formula is C21H29N5O4S. The van der Waals surface area contributed by atoms with Gasteiger partial charge in [-0.3, -0.25) is 14.4 Å². The molecule has 4 rings (SSSR count). The van der Waals surface area contributed by atoms with E-state index in [1.807, 2.05) is 19.4 Å². The fourth-order valence-electron chi connectivity index (χ4n) is 4.26. The van der Waals surface area contributed by atoms with Gasteiger partial charge in [0.25, 0.3) is 0 Å². The Morgan fingerprint density at radius 3 is 2.68 bits per heavy atom. The molecule has 9 nitrogen and oxygen atoms in total. The zero-order chi connectivity index (χ0) is 22.2. The molecule has 2 aromatic rings. The number of hydrogen-bond donors (Lipinski definition) is 0. The average molecular weight is 448 g/mol. The summed E-state index contributed by atoms with van der Waals surface area (Å²) in [4.78, 5) is 16.4. The van der Waals surface area contributed by atoms with Gasteiger partial charge in [0.2, 0.25) is 15.9 Å². The van der Waals surface area contributed by atoms with Crippen LogP contribution in [-0.4, -0.2) is 84.1 Å². The van der Waals surface area contributed by atoms with Gasteiger partial charge in [-0.25, -0.2) is 8.42 Å². The molecule has 2 atom stereocenters. The van der Waals surface area contributed by atoms with Crippen LogP contribution in [0.3, 0.4) is 0 Å². The lowest BCUT2D eigenvalue weighted by atomic mass is 10.1. The largest absolute Gasteiger partial charge is 0.487 e. The number of likely N-dealkylation sites (tertiary alicyclic amines) is 1. The Labute approximate surface area is 183 Å². The van der Waals surface area contributed by atoms with Crippen LogP contribution >= 0.6 is 0 Å². The first kappa shape index (κ1) is 21.8. The van der Waals surface area contributed by atoms with Gasteiger partial charge in [-0.2, -0.15) is 9.40 Å². The Balaban J connectivity index is 1.65. The lowest BCUT2D eigenvalue weighted by molar-refractivity contribution is -0.129. The number of carbonyl (C=O) groups excluding carboxylic acids is 1. The predicted octanol–water partition coefficient (Wildman–Crippen LogP) is 0.925. The minimum absolute atomic E-state index is 0.127. The second-order valence-electron chi connectivity index (χ2n) is 8.38. The number of para-hydroxylation sites is 1. The Morgan fingerprint density at radius 1 is 1.23 bits per heavy atom. The highest BCUT2D eigenvalue weighted by Gasteiger charge is 2.44. The monoisotopic (exact) mass is 447 g/mol. The number of nitrogens with zero attached hydrogens (tertiary/aromatic N) is 5. The molecule has 0 N–H and O–H groups in total. The second-order valence-corrected chi connectivity index (χ2v) is 10.2. The molecule has 31 heavy (non-hydrogen) atoms. The Morgan fingerprint density at radius 2 is 1.97 bits per heavy atom. The number of aryl methyl sites for hydroxylation is 1. The number of rotatable bonds is 4. The van der Waals surface area contributed by atoms with E-state index in [0.717, 1.165) is 18.7 Å². The van der Waals surface area contributed by atoms with Crippen molar-refractivity contribution in [1.82, 2.24) is 23.9 Å². The number of benzene rings is 1. The molecule has 0 radical (unpaired) electrons. The van der Waals surface area contributed by atoms with E-state index in [0.29, 0.717) is 25.1 Å². The third kappa shape index (κ3) is 4.46. The van der Waals surface area contributed by atoms with E-state index < -0.39 is 16.1 Å². The Hall–Kier alpha value is -2.43. The van der Waals surface area contributed by atoms with Crippen LogP contribution in [0.15, 0.2) is 41.6 Å². The summed E-state index contributed by atoms with van der Waals surface area (Å²) in [6.07, 6.45) is 4.76. The summed E-state index contributed by atoms with van der Waals surface area (Å²) >= 11 is 0. The molecule has 0 aliphatic carbocycles. The Kier molecular flexibility index (Phi) is 6.05. The molecular weight excluding hydrogens is 418 g/mol. The molecule has 1 saturated heterocycles. The van der Waals surface area contributed by atoms with Crippen LogP contribution in [0, 0.1) is 0 Å². The van der Waals surface area contributed by atoms with Gasteiger partial charge in [-0.05, 0) is 25.0 Å². The van der Waals surface area contributed by atoms with Crippen LogP contribution in [0.1, 0.15) is 18.4 Å². The SMILES string of the molecule is CN(C)C(=O)CN1[C@@H]2CCN(Cc3cnn(C)c3)CC[C@H]2Oc2ccccc2S1(=O)=O. The van der Waals surface area contributed by atoms with Crippen molar-refractivity contribution in [3.05, 3.63) is 42.2 Å². The van der Waals surface area contributed by atoms with Gasteiger partial charge in [-0.1, -0.05) is 12.1 Å². The molecule has 2 aliphatic rings. The standard InChI is InChI=1S/C21H29N5O4S/c1-23(2)21(27)15-26-17-8-10-25(14-16-12-22-24(3)13-16)11-9-18(17)30-19-6-4-5-7-20(19)31(26,28)29/h4-7,12-13,17-18H,8-11,14-15H2,1-3H3/t17-,18-/m1/s1. The fourth-order valence-corrected chi connectivity index (χ4v) is 6.01. The van der Waals surface area contributed by atoms with E-state index in [2.05, 4.69) is 10.00 Å². The van der Waals surface area contributed by atoms with E-state index in [9.17, 15) is 13.2 Å².